The maximum absolute atomic E-state index is 12.5. The van der Waals surface area contributed by atoms with Gasteiger partial charge in [0.15, 0.2) is 5.11 Å². The Morgan fingerprint density at radius 2 is 1.75 bits per heavy atom. The van der Waals surface area contributed by atoms with Gasteiger partial charge in [-0.25, -0.2) is 0 Å². The Morgan fingerprint density at radius 1 is 1.04 bits per heavy atom. The highest BCUT2D eigenvalue weighted by molar-refractivity contribution is 9.10. The quantitative estimate of drug-likeness (QED) is 0.489. The van der Waals surface area contributed by atoms with Crippen molar-refractivity contribution >= 4 is 44.9 Å². The number of ether oxygens (including phenoxy) is 1. The molecule has 0 heterocycles. The van der Waals surface area contributed by atoms with Crippen LogP contribution in [0.2, 0.25) is 0 Å². The summed E-state index contributed by atoms with van der Waals surface area (Å²) in [7, 11) is 0. The molecule has 0 atom stereocenters. The Hall–Kier alpha value is -2.70. The highest BCUT2D eigenvalue weighted by Crippen LogP contribution is 2.28. The Kier molecular flexibility index (Phi) is 6.79. The summed E-state index contributed by atoms with van der Waals surface area (Å²) in [6.07, 6.45) is 0. The number of para-hydroxylation sites is 1. The van der Waals surface area contributed by atoms with Crippen LogP contribution in [-0.4, -0.2) is 17.6 Å². The molecular weight excluding hydrogens is 436 g/mol. The summed E-state index contributed by atoms with van der Waals surface area (Å²) in [6, 6.07) is 23.0. The number of nitrogens with one attached hydrogen (secondary N) is 2. The number of benzene rings is 3. The topological polar surface area (TPSA) is 50.4 Å². The Balaban J connectivity index is 1.71. The molecule has 3 aromatic carbocycles. The summed E-state index contributed by atoms with van der Waals surface area (Å²) >= 11 is 8.76. The number of halogens is 1. The van der Waals surface area contributed by atoms with Gasteiger partial charge in [-0.3, -0.25) is 10.1 Å². The lowest BCUT2D eigenvalue weighted by Gasteiger charge is -2.14. The van der Waals surface area contributed by atoms with E-state index in [9.17, 15) is 4.79 Å². The van der Waals surface area contributed by atoms with Crippen molar-refractivity contribution in [2.24, 2.45) is 0 Å². The molecule has 3 aromatic rings. The number of hydrogen-bond acceptors (Lipinski definition) is 3. The van der Waals surface area contributed by atoms with Crippen LogP contribution in [0.3, 0.4) is 0 Å². The van der Waals surface area contributed by atoms with E-state index in [-0.39, 0.29) is 11.0 Å². The number of hydrogen-bond donors (Lipinski definition) is 2. The first-order chi connectivity index (χ1) is 13.6. The number of anilines is 1. The fourth-order valence-corrected chi connectivity index (χ4v) is 3.40. The van der Waals surface area contributed by atoms with E-state index in [2.05, 4.69) is 26.6 Å². The minimum Gasteiger partial charge on any atom is -0.493 e. The number of carbonyl (C=O) groups excluding carboxylic acids is 1. The number of thiocarbonyl (C=S) groups is 1. The van der Waals surface area contributed by atoms with E-state index in [4.69, 9.17) is 17.0 Å². The van der Waals surface area contributed by atoms with Crippen LogP contribution in [0.1, 0.15) is 17.3 Å². The van der Waals surface area contributed by atoms with Crippen LogP contribution in [0.5, 0.6) is 5.75 Å². The third kappa shape index (κ3) is 4.97. The highest BCUT2D eigenvalue weighted by Gasteiger charge is 2.12. The molecule has 4 nitrogen and oxygen atoms in total. The van der Waals surface area contributed by atoms with E-state index in [1.165, 1.54) is 0 Å². The second-order valence-electron chi connectivity index (χ2n) is 5.90. The molecule has 0 aliphatic heterocycles. The smallest absolute Gasteiger partial charge is 0.257 e. The monoisotopic (exact) mass is 454 g/mol. The summed E-state index contributed by atoms with van der Waals surface area (Å²) in [5.41, 5.74) is 3.38. The predicted octanol–water partition coefficient (Wildman–Crippen LogP) is 5.64. The Bertz CT molecular complexity index is 993. The van der Waals surface area contributed by atoms with Crippen LogP contribution in [0.4, 0.5) is 5.69 Å². The van der Waals surface area contributed by atoms with Crippen molar-refractivity contribution in [2.45, 2.75) is 6.92 Å². The Morgan fingerprint density at radius 3 is 2.46 bits per heavy atom. The van der Waals surface area contributed by atoms with Crippen LogP contribution >= 0.6 is 28.1 Å². The van der Waals surface area contributed by atoms with Crippen LogP contribution in [0, 0.1) is 0 Å². The number of carbonyl (C=O) groups is 1. The maximum atomic E-state index is 12.5. The van der Waals surface area contributed by atoms with Crippen molar-refractivity contribution in [3.05, 3.63) is 82.8 Å². The summed E-state index contributed by atoms with van der Waals surface area (Å²) in [4.78, 5) is 12.5. The van der Waals surface area contributed by atoms with E-state index in [1.807, 2.05) is 61.5 Å². The van der Waals surface area contributed by atoms with Gasteiger partial charge in [0.05, 0.1) is 11.1 Å². The van der Waals surface area contributed by atoms with E-state index >= 15 is 0 Å². The molecule has 3 rings (SSSR count). The van der Waals surface area contributed by atoms with Crippen LogP contribution in [0.25, 0.3) is 11.1 Å². The largest absolute Gasteiger partial charge is 0.493 e. The summed E-state index contributed by atoms with van der Waals surface area (Å²) in [5.74, 6) is 0.398. The summed E-state index contributed by atoms with van der Waals surface area (Å²) in [5, 5.41) is 6.08. The summed E-state index contributed by atoms with van der Waals surface area (Å²) < 4.78 is 6.19. The fourth-order valence-electron chi connectivity index (χ4n) is 2.71. The van der Waals surface area contributed by atoms with Crippen molar-refractivity contribution in [3.63, 3.8) is 0 Å². The van der Waals surface area contributed by atoms with E-state index in [0.29, 0.717) is 17.9 Å². The molecule has 0 saturated carbocycles. The van der Waals surface area contributed by atoms with Gasteiger partial charge in [-0.2, -0.15) is 0 Å². The van der Waals surface area contributed by atoms with Gasteiger partial charge >= 0.3 is 0 Å². The molecule has 0 saturated heterocycles. The molecule has 28 heavy (non-hydrogen) atoms. The van der Waals surface area contributed by atoms with Gasteiger partial charge in [0.2, 0.25) is 0 Å². The van der Waals surface area contributed by atoms with Gasteiger partial charge in [0.25, 0.3) is 5.91 Å². The van der Waals surface area contributed by atoms with Gasteiger partial charge < -0.3 is 10.1 Å². The fraction of sp³-hybridized carbons (Fsp3) is 0.0909. The molecule has 0 aliphatic carbocycles. The minimum absolute atomic E-state index is 0.235. The van der Waals surface area contributed by atoms with Gasteiger partial charge in [0, 0.05) is 16.8 Å². The average Bonchev–Trinajstić information content (AvgIpc) is 2.70. The molecule has 0 fully saturated rings. The SMILES string of the molecule is CCOc1ccc(C(=O)NC(=S)Nc2ccccc2-c2ccccc2)cc1Br. The van der Waals surface area contributed by atoms with Crippen LogP contribution in [-0.2, 0) is 0 Å². The zero-order valence-electron chi connectivity index (χ0n) is 15.2. The molecule has 0 unspecified atom stereocenters. The van der Waals surface area contributed by atoms with Gasteiger partial charge in [-0.1, -0.05) is 48.5 Å². The minimum atomic E-state index is -0.293. The predicted molar refractivity (Wildman–Crippen MR) is 121 cm³/mol. The lowest BCUT2D eigenvalue weighted by molar-refractivity contribution is 0.0977. The van der Waals surface area contributed by atoms with E-state index in [1.54, 1.807) is 18.2 Å². The molecular formula is C22H19BrN2O2S. The first-order valence-corrected chi connectivity index (χ1v) is 9.97. The standard InChI is InChI=1S/C22H19BrN2O2S/c1-2-27-20-13-12-16(14-18(20)23)21(26)25-22(28)24-19-11-7-6-10-17(19)15-8-4-3-5-9-15/h3-14H,2H2,1H3,(H2,24,25,26,28). The van der Waals surface area contributed by atoms with Crippen molar-refractivity contribution < 1.29 is 9.53 Å². The number of amides is 1. The normalized spacial score (nSPS) is 10.2. The van der Waals surface area contributed by atoms with Gasteiger partial charge in [0.1, 0.15) is 5.75 Å². The zero-order valence-corrected chi connectivity index (χ0v) is 17.6. The first-order valence-electron chi connectivity index (χ1n) is 8.77. The molecule has 6 heteroatoms. The molecule has 142 valence electrons. The molecule has 1 amide bonds. The van der Waals surface area contributed by atoms with Crippen LogP contribution in [0.15, 0.2) is 77.3 Å². The highest BCUT2D eigenvalue weighted by atomic mass is 79.9. The third-order valence-corrected chi connectivity index (χ3v) is 4.80. The average molecular weight is 455 g/mol. The van der Waals surface area contributed by atoms with Crippen molar-refractivity contribution in [2.75, 3.05) is 11.9 Å². The van der Waals surface area contributed by atoms with Crippen molar-refractivity contribution in [1.82, 2.24) is 5.32 Å². The van der Waals surface area contributed by atoms with Crippen molar-refractivity contribution in [3.8, 4) is 16.9 Å². The van der Waals surface area contributed by atoms with E-state index in [0.717, 1.165) is 21.3 Å². The Labute approximate surface area is 178 Å². The third-order valence-electron chi connectivity index (χ3n) is 3.98. The zero-order chi connectivity index (χ0) is 19.9. The first kappa shape index (κ1) is 20.0. The lowest BCUT2D eigenvalue weighted by Crippen LogP contribution is -2.34. The maximum Gasteiger partial charge on any atom is 0.257 e. The second kappa shape index (κ2) is 9.48. The van der Waals surface area contributed by atoms with Gasteiger partial charge in [-0.15, -0.1) is 0 Å². The number of rotatable bonds is 5. The summed E-state index contributed by atoms with van der Waals surface area (Å²) in [6.45, 7) is 2.46. The molecule has 0 radical (unpaired) electrons. The van der Waals surface area contributed by atoms with Crippen LogP contribution < -0.4 is 15.4 Å². The molecule has 0 aromatic heterocycles. The molecule has 2 N–H and O–H groups in total. The molecule has 0 spiro atoms. The molecule has 0 aliphatic rings. The molecule has 0 bridgehead atoms. The van der Waals surface area contributed by atoms with E-state index < -0.39 is 0 Å². The van der Waals surface area contributed by atoms with Crippen molar-refractivity contribution in [1.29, 1.82) is 0 Å². The lowest BCUT2D eigenvalue weighted by atomic mass is 10.0. The van der Waals surface area contributed by atoms with Gasteiger partial charge in [-0.05, 0) is 64.9 Å². The second-order valence-corrected chi connectivity index (χ2v) is 7.16.